The molecule has 2 fully saturated rings. The largest absolute Gasteiger partial charge is 0.437 e. The minimum Gasteiger partial charge on any atom is -0.437 e. The summed E-state index contributed by atoms with van der Waals surface area (Å²) in [5.74, 6) is -2.64. The number of nitrogens with zero attached hydrogens (tertiary/aromatic N) is 5. The molecule has 0 spiro atoms. The molecule has 1 aromatic carbocycles. The van der Waals surface area contributed by atoms with Gasteiger partial charge in [0, 0.05) is 13.1 Å². The number of halogens is 1. The number of carbonyl (C=O) groups is 1. The third-order valence-electron chi connectivity index (χ3n) is 4.33. The number of amides is 1. The summed E-state index contributed by atoms with van der Waals surface area (Å²) in [4.78, 5) is 15.1. The fraction of sp³-hybridized carbons (Fsp3) is 0.500. The molecule has 26 heavy (non-hydrogen) atoms. The highest BCUT2D eigenvalue weighted by atomic mass is 19.1. The van der Waals surface area contributed by atoms with Crippen LogP contribution in [0.1, 0.15) is 0 Å². The van der Waals surface area contributed by atoms with E-state index >= 15 is 0 Å². The molecule has 1 aromatic rings. The van der Waals surface area contributed by atoms with Crippen molar-refractivity contribution in [3.8, 4) is 0 Å². The van der Waals surface area contributed by atoms with Crippen LogP contribution in [-0.4, -0.2) is 50.8 Å². The first kappa shape index (κ1) is 17.8. The van der Waals surface area contributed by atoms with Crippen LogP contribution in [0.4, 0.5) is 20.6 Å². The van der Waals surface area contributed by atoms with Crippen molar-refractivity contribution in [3.63, 3.8) is 0 Å². The number of anilines is 2. The number of cyclic esters (lactones) is 1. The van der Waals surface area contributed by atoms with Gasteiger partial charge in [-0.2, -0.15) is 0 Å². The van der Waals surface area contributed by atoms with E-state index in [1.807, 2.05) is 4.90 Å². The monoisotopic (exact) mass is 364 g/mol. The number of morpholine rings is 1. The Morgan fingerprint density at radius 2 is 1.81 bits per heavy atom. The van der Waals surface area contributed by atoms with Gasteiger partial charge < -0.3 is 14.4 Å². The Hall–Kier alpha value is -3.02. The smallest absolute Gasteiger partial charge is 0.414 e. The van der Waals surface area contributed by atoms with Gasteiger partial charge in [-0.3, -0.25) is 4.90 Å². The summed E-state index contributed by atoms with van der Waals surface area (Å²) in [5, 5.41) is 9.12. The molecule has 2 aliphatic rings. The Balaban J connectivity index is 1.82. The summed E-state index contributed by atoms with van der Waals surface area (Å²) in [6.07, 6.45) is -2.03. The van der Waals surface area contributed by atoms with Crippen molar-refractivity contribution in [2.75, 3.05) is 42.6 Å². The summed E-state index contributed by atoms with van der Waals surface area (Å²) >= 11 is 0. The zero-order valence-corrected chi connectivity index (χ0v) is 13.7. The van der Waals surface area contributed by atoms with Crippen molar-refractivity contribution < 1.29 is 18.7 Å². The van der Waals surface area contributed by atoms with Crippen molar-refractivity contribution in [1.82, 2.24) is 0 Å². The first-order valence-electron chi connectivity index (χ1n) is 7.81. The van der Waals surface area contributed by atoms with Gasteiger partial charge in [-0.25, -0.2) is 25.8 Å². The maximum atomic E-state index is 14.5. The van der Waals surface area contributed by atoms with Crippen molar-refractivity contribution >= 4 is 17.5 Å². The molecule has 2 saturated heterocycles. The molecular weight excluding hydrogens is 347 g/mol. The second-order valence-electron chi connectivity index (χ2n) is 5.74. The lowest BCUT2D eigenvalue weighted by molar-refractivity contribution is 0.0829. The van der Waals surface area contributed by atoms with Crippen LogP contribution in [0.25, 0.3) is 0 Å². The fourth-order valence-electron chi connectivity index (χ4n) is 2.89. The highest BCUT2D eigenvalue weighted by Crippen LogP contribution is 2.33. The number of ether oxygens (including phenoxy) is 2. The van der Waals surface area contributed by atoms with Crippen LogP contribution in [0.2, 0.25) is 0 Å². The maximum absolute atomic E-state index is 14.5. The molecule has 0 radical (unpaired) electrons. The van der Waals surface area contributed by atoms with Crippen molar-refractivity contribution in [1.29, 1.82) is 16.6 Å². The molecule has 2 heterocycles. The van der Waals surface area contributed by atoms with E-state index in [0.717, 1.165) is 4.90 Å². The zero-order chi connectivity index (χ0) is 18.7. The number of carbonyl (C=O) groups excluding carboxylic acids is 1. The number of hydrogen-bond acceptors (Lipinski definition) is 10. The molecule has 138 valence electrons. The topological polar surface area (TPSA) is 151 Å². The van der Waals surface area contributed by atoms with E-state index in [9.17, 15) is 9.18 Å². The minimum absolute atomic E-state index is 0.164. The normalized spacial score (nSPS) is 22.5. The lowest BCUT2D eigenvalue weighted by atomic mass is 10.2. The quantitative estimate of drug-likeness (QED) is 0.665. The molecule has 1 amide bonds. The second kappa shape index (κ2) is 7.07. The van der Waals surface area contributed by atoms with Crippen LogP contribution in [0.5, 0.6) is 0 Å². The summed E-state index contributed by atoms with van der Waals surface area (Å²) in [7, 11) is 0. The van der Waals surface area contributed by atoms with Crippen LogP contribution in [0.15, 0.2) is 33.5 Å². The average molecular weight is 364 g/mol. The SMILES string of the molecule is N=NC(N=N)(N=N)[C@H]1CN(c2ccc(N3CCOCC3)c(F)c2)C(=O)O1. The van der Waals surface area contributed by atoms with Gasteiger partial charge in [-0.15, -0.1) is 15.3 Å². The first-order valence-corrected chi connectivity index (χ1v) is 7.81. The molecule has 0 aliphatic carbocycles. The van der Waals surface area contributed by atoms with Crippen LogP contribution < -0.4 is 9.80 Å². The summed E-state index contributed by atoms with van der Waals surface area (Å²) in [6.45, 7) is 2.03. The van der Waals surface area contributed by atoms with E-state index in [0.29, 0.717) is 32.0 Å². The van der Waals surface area contributed by atoms with Crippen LogP contribution in [-0.2, 0) is 9.47 Å². The average Bonchev–Trinajstić information content (AvgIpc) is 3.06. The Morgan fingerprint density at radius 3 is 2.38 bits per heavy atom. The molecule has 1 atom stereocenters. The predicted octanol–water partition coefficient (Wildman–Crippen LogP) is 2.73. The van der Waals surface area contributed by atoms with Crippen LogP contribution >= 0.6 is 0 Å². The van der Waals surface area contributed by atoms with E-state index < -0.39 is 23.8 Å². The van der Waals surface area contributed by atoms with Gasteiger partial charge in [0.05, 0.1) is 31.1 Å². The molecule has 0 aromatic heterocycles. The number of nitrogens with one attached hydrogen (secondary N) is 3. The third kappa shape index (κ3) is 2.98. The summed E-state index contributed by atoms with van der Waals surface area (Å²) < 4.78 is 24.8. The lowest BCUT2D eigenvalue weighted by Gasteiger charge is -2.29. The van der Waals surface area contributed by atoms with Crippen LogP contribution in [0, 0.1) is 22.4 Å². The number of rotatable bonds is 6. The molecule has 2 aliphatic heterocycles. The Labute approximate surface area is 147 Å². The third-order valence-corrected chi connectivity index (χ3v) is 4.33. The highest BCUT2D eigenvalue weighted by Gasteiger charge is 2.49. The van der Waals surface area contributed by atoms with E-state index in [1.165, 1.54) is 6.07 Å². The molecule has 0 bridgehead atoms. The van der Waals surface area contributed by atoms with Gasteiger partial charge in [0.1, 0.15) is 5.82 Å². The van der Waals surface area contributed by atoms with Crippen molar-refractivity contribution in [2.24, 2.45) is 15.3 Å². The number of benzene rings is 1. The van der Waals surface area contributed by atoms with Gasteiger partial charge in [-0.05, 0) is 18.2 Å². The van der Waals surface area contributed by atoms with Crippen LogP contribution in [0.3, 0.4) is 0 Å². The van der Waals surface area contributed by atoms with E-state index in [-0.39, 0.29) is 12.2 Å². The van der Waals surface area contributed by atoms with E-state index in [2.05, 4.69) is 15.3 Å². The second-order valence-corrected chi connectivity index (χ2v) is 5.74. The molecule has 11 nitrogen and oxygen atoms in total. The van der Waals surface area contributed by atoms with E-state index in [4.69, 9.17) is 26.1 Å². The molecule has 0 unspecified atom stereocenters. The summed E-state index contributed by atoms with van der Waals surface area (Å²) in [5.41, 5.74) is 22.0. The fourth-order valence-corrected chi connectivity index (χ4v) is 2.89. The molecule has 12 heteroatoms. The molecule has 3 N–H and O–H groups in total. The van der Waals surface area contributed by atoms with Gasteiger partial charge in [0.15, 0.2) is 6.10 Å². The zero-order valence-electron chi connectivity index (χ0n) is 13.7. The molecule has 0 saturated carbocycles. The van der Waals surface area contributed by atoms with Gasteiger partial charge >= 0.3 is 11.9 Å². The first-order chi connectivity index (χ1) is 12.5. The maximum Gasteiger partial charge on any atom is 0.414 e. The van der Waals surface area contributed by atoms with Gasteiger partial charge in [0.2, 0.25) is 0 Å². The molecular formula is C14H17FN8O3. The van der Waals surface area contributed by atoms with Crippen molar-refractivity contribution in [2.45, 2.75) is 11.9 Å². The highest BCUT2D eigenvalue weighted by molar-refractivity contribution is 5.90. The van der Waals surface area contributed by atoms with Gasteiger partial charge in [-0.1, -0.05) is 0 Å². The van der Waals surface area contributed by atoms with Crippen molar-refractivity contribution in [3.05, 3.63) is 24.0 Å². The Bertz CT molecular complexity index is 717. The minimum atomic E-state index is -2.14. The Kier molecular flexibility index (Phi) is 4.84. The Morgan fingerprint density at radius 1 is 1.15 bits per heavy atom. The molecule has 3 rings (SSSR count). The van der Waals surface area contributed by atoms with E-state index in [1.54, 1.807) is 12.1 Å². The number of hydrogen-bond donors (Lipinski definition) is 3. The predicted molar refractivity (Wildman–Crippen MR) is 85.2 cm³/mol. The lowest BCUT2D eigenvalue weighted by Crippen LogP contribution is -2.39. The summed E-state index contributed by atoms with van der Waals surface area (Å²) in [6, 6.07) is 4.36. The van der Waals surface area contributed by atoms with Gasteiger partial charge in [0.25, 0.3) is 0 Å². The standard InChI is InChI=1S/C14H17FN8O3/c15-10-7-9(1-2-11(10)22-3-5-25-6-4-22)23-8-12(26-13(23)24)14(19-16,20-17)21-18/h1-2,7,12,16-18H,3-6,8H2/t12-,14?/m1/s1.